The Kier molecular flexibility index (Phi) is 2.07. The predicted molar refractivity (Wildman–Crippen MR) is 45.7 cm³/mol. The van der Waals surface area contributed by atoms with Gasteiger partial charge in [-0.2, -0.15) is 0 Å². The number of carbonyl (C=O) groups is 1. The van der Waals surface area contributed by atoms with E-state index in [-0.39, 0.29) is 5.76 Å². The van der Waals surface area contributed by atoms with Gasteiger partial charge in [0.15, 0.2) is 5.76 Å². The van der Waals surface area contributed by atoms with Gasteiger partial charge in [0.05, 0.1) is 6.10 Å². The Labute approximate surface area is 81.2 Å². The number of fused-ring (bicyclic) bond motifs is 1. The molecule has 0 fully saturated rings. The second-order valence-corrected chi connectivity index (χ2v) is 3.59. The minimum Gasteiger partial charge on any atom is -0.542 e. The Morgan fingerprint density at radius 3 is 2.93 bits per heavy atom. The first-order valence-corrected chi connectivity index (χ1v) is 4.63. The molecule has 2 rings (SSSR count). The van der Waals surface area contributed by atoms with Crippen LogP contribution in [0, 0.1) is 6.92 Å². The van der Waals surface area contributed by atoms with E-state index in [2.05, 4.69) is 0 Å². The number of carboxylic acids is 1. The maximum atomic E-state index is 10.7. The van der Waals surface area contributed by atoms with Crippen LogP contribution in [0.1, 0.15) is 46.4 Å². The van der Waals surface area contributed by atoms with Gasteiger partial charge in [0.25, 0.3) is 0 Å². The molecule has 0 amide bonds. The number of aliphatic hydroxyl groups is 1. The average Bonchev–Trinajstić information content (AvgIpc) is 2.45. The number of hydrogen-bond acceptors (Lipinski definition) is 4. The molecule has 1 aromatic rings. The third-order valence-electron chi connectivity index (χ3n) is 2.67. The van der Waals surface area contributed by atoms with Crippen molar-refractivity contribution in [3.05, 3.63) is 22.6 Å². The van der Waals surface area contributed by atoms with Crippen molar-refractivity contribution in [1.29, 1.82) is 0 Å². The molecule has 4 nitrogen and oxygen atoms in total. The molecule has 0 bridgehead atoms. The van der Waals surface area contributed by atoms with E-state index < -0.39 is 12.1 Å². The van der Waals surface area contributed by atoms with Crippen molar-refractivity contribution in [3.8, 4) is 0 Å². The molecule has 0 radical (unpaired) electrons. The molecule has 1 atom stereocenters. The first kappa shape index (κ1) is 9.27. The van der Waals surface area contributed by atoms with Gasteiger partial charge in [-0.1, -0.05) is 0 Å². The topological polar surface area (TPSA) is 73.5 Å². The zero-order valence-corrected chi connectivity index (χ0v) is 7.87. The van der Waals surface area contributed by atoms with Crippen LogP contribution in [0.2, 0.25) is 0 Å². The number of aryl methyl sites for hydroxylation is 1. The van der Waals surface area contributed by atoms with Gasteiger partial charge < -0.3 is 19.4 Å². The standard InChI is InChI=1S/C10H12O4/c1-5-8-6(11)3-2-4-7(8)14-9(5)10(12)13/h6,11H,2-4H2,1H3,(H,12,13)/p-1/t6-/m1/s1. The average molecular weight is 195 g/mol. The Bertz CT molecular complexity index is 378. The van der Waals surface area contributed by atoms with Gasteiger partial charge in [-0.3, -0.25) is 0 Å². The molecule has 0 aromatic carbocycles. The molecule has 1 aliphatic carbocycles. The van der Waals surface area contributed by atoms with Crippen LogP contribution in [0.5, 0.6) is 0 Å². The summed E-state index contributed by atoms with van der Waals surface area (Å²) in [4.78, 5) is 10.7. The van der Waals surface area contributed by atoms with E-state index in [1.807, 2.05) is 0 Å². The van der Waals surface area contributed by atoms with Gasteiger partial charge in [0.1, 0.15) is 11.7 Å². The molecule has 76 valence electrons. The van der Waals surface area contributed by atoms with Crippen LogP contribution in [0.15, 0.2) is 4.42 Å². The molecule has 4 heteroatoms. The Balaban J connectivity index is 2.55. The Hall–Kier alpha value is -1.29. The number of carbonyl (C=O) groups excluding carboxylic acids is 1. The molecular formula is C10H11O4-. The van der Waals surface area contributed by atoms with Crippen molar-refractivity contribution < 1.29 is 19.4 Å². The van der Waals surface area contributed by atoms with Crippen LogP contribution in [0.3, 0.4) is 0 Å². The second kappa shape index (κ2) is 3.13. The van der Waals surface area contributed by atoms with Crippen LogP contribution in [0.25, 0.3) is 0 Å². The van der Waals surface area contributed by atoms with Crippen LogP contribution in [0.4, 0.5) is 0 Å². The molecule has 0 unspecified atom stereocenters. The van der Waals surface area contributed by atoms with Gasteiger partial charge in [-0.15, -0.1) is 0 Å². The van der Waals surface area contributed by atoms with Crippen molar-refractivity contribution in [2.45, 2.75) is 32.3 Å². The third kappa shape index (κ3) is 1.23. The summed E-state index contributed by atoms with van der Waals surface area (Å²) >= 11 is 0. The van der Waals surface area contributed by atoms with E-state index in [1.54, 1.807) is 6.92 Å². The first-order chi connectivity index (χ1) is 6.61. The smallest absolute Gasteiger partial charge is 0.153 e. The van der Waals surface area contributed by atoms with Crippen LogP contribution in [-0.2, 0) is 6.42 Å². The van der Waals surface area contributed by atoms with Crippen molar-refractivity contribution >= 4 is 5.97 Å². The fraction of sp³-hybridized carbons (Fsp3) is 0.500. The minimum absolute atomic E-state index is 0.143. The molecule has 1 aliphatic rings. The summed E-state index contributed by atoms with van der Waals surface area (Å²) in [7, 11) is 0. The number of aliphatic hydroxyl groups excluding tert-OH is 1. The van der Waals surface area contributed by atoms with E-state index in [1.165, 1.54) is 0 Å². The highest BCUT2D eigenvalue weighted by Gasteiger charge is 2.26. The fourth-order valence-electron chi connectivity index (χ4n) is 2.00. The van der Waals surface area contributed by atoms with Crippen molar-refractivity contribution in [1.82, 2.24) is 0 Å². The summed E-state index contributed by atoms with van der Waals surface area (Å²) in [5, 5.41) is 20.3. The Morgan fingerprint density at radius 1 is 1.64 bits per heavy atom. The molecule has 0 aliphatic heterocycles. The fourth-order valence-corrected chi connectivity index (χ4v) is 2.00. The van der Waals surface area contributed by atoms with E-state index in [0.29, 0.717) is 29.7 Å². The summed E-state index contributed by atoms with van der Waals surface area (Å²) in [6.07, 6.45) is 1.60. The minimum atomic E-state index is -1.32. The SMILES string of the molecule is Cc1c(C(=O)[O-])oc2c1[C@H](O)CCC2. The maximum Gasteiger partial charge on any atom is 0.153 e. The summed E-state index contributed by atoms with van der Waals surface area (Å²) in [6, 6.07) is 0. The molecule has 0 spiro atoms. The van der Waals surface area contributed by atoms with E-state index in [0.717, 1.165) is 6.42 Å². The molecule has 1 N–H and O–H groups in total. The molecule has 1 heterocycles. The second-order valence-electron chi connectivity index (χ2n) is 3.59. The van der Waals surface area contributed by atoms with E-state index >= 15 is 0 Å². The van der Waals surface area contributed by atoms with Crippen molar-refractivity contribution in [2.24, 2.45) is 0 Å². The monoisotopic (exact) mass is 195 g/mol. The first-order valence-electron chi connectivity index (χ1n) is 4.63. The van der Waals surface area contributed by atoms with E-state index in [4.69, 9.17) is 4.42 Å². The van der Waals surface area contributed by atoms with Crippen LogP contribution in [-0.4, -0.2) is 11.1 Å². The van der Waals surface area contributed by atoms with Crippen molar-refractivity contribution in [3.63, 3.8) is 0 Å². The zero-order chi connectivity index (χ0) is 10.3. The van der Waals surface area contributed by atoms with Gasteiger partial charge in [-0.05, 0) is 19.8 Å². The summed E-state index contributed by atoms with van der Waals surface area (Å²) in [5.74, 6) is -0.861. The molecule has 0 saturated heterocycles. The summed E-state index contributed by atoms with van der Waals surface area (Å²) in [5.41, 5.74) is 1.16. The van der Waals surface area contributed by atoms with Crippen LogP contribution >= 0.6 is 0 Å². The highest BCUT2D eigenvalue weighted by molar-refractivity contribution is 5.85. The summed E-state index contributed by atoms with van der Waals surface area (Å²) in [6.45, 7) is 1.64. The van der Waals surface area contributed by atoms with Gasteiger partial charge in [0.2, 0.25) is 0 Å². The molecule has 0 saturated carbocycles. The van der Waals surface area contributed by atoms with Gasteiger partial charge in [-0.25, -0.2) is 0 Å². The van der Waals surface area contributed by atoms with E-state index in [9.17, 15) is 15.0 Å². The largest absolute Gasteiger partial charge is 0.542 e. The quantitative estimate of drug-likeness (QED) is 0.700. The normalized spacial score (nSPS) is 20.6. The van der Waals surface area contributed by atoms with Crippen molar-refractivity contribution in [2.75, 3.05) is 0 Å². The van der Waals surface area contributed by atoms with Crippen LogP contribution < -0.4 is 5.11 Å². The Morgan fingerprint density at radius 2 is 2.36 bits per heavy atom. The lowest BCUT2D eigenvalue weighted by molar-refractivity contribution is -0.257. The number of rotatable bonds is 1. The predicted octanol–water partition coefficient (Wildman–Crippen LogP) is 0.321. The highest BCUT2D eigenvalue weighted by atomic mass is 16.4. The molecule has 14 heavy (non-hydrogen) atoms. The third-order valence-corrected chi connectivity index (χ3v) is 2.67. The number of aromatic carboxylic acids is 1. The highest BCUT2D eigenvalue weighted by Crippen LogP contribution is 2.35. The van der Waals surface area contributed by atoms with Gasteiger partial charge >= 0.3 is 0 Å². The maximum absolute atomic E-state index is 10.7. The number of carboxylic acid groups (broad SMARTS) is 1. The molecule has 1 aromatic heterocycles. The zero-order valence-electron chi connectivity index (χ0n) is 7.87. The lowest BCUT2D eigenvalue weighted by Gasteiger charge is -2.16. The summed E-state index contributed by atoms with van der Waals surface area (Å²) < 4.78 is 5.15. The lowest BCUT2D eigenvalue weighted by atomic mass is 9.92. The lowest BCUT2D eigenvalue weighted by Crippen LogP contribution is -2.22. The molecular weight excluding hydrogens is 184 g/mol. The number of furan rings is 1. The number of hydrogen-bond donors (Lipinski definition) is 1. The van der Waals surface area contributed by atoms with Gasteiger partial charge in [0, 0.05) is 17.5 Å².